The molecule has 0 bridgehead atoms. The zero-order valence-electron chi connectivity index (χ0n) is 15.2. The lowest BCUT2D eigenvalue weighted by Gasteiger charge is -2.26. The standard InChI is InChI=1S/C21H16Cl2N4O/c1-11-6-3-4-9-16(11)27-21-17(12(2)26-27)18(13(10-24)20(25)28-21)19-14(22)7-5-8-15(19)23/h3-9,18H,25H2,1-2H3. The molecule has 5 nitrogen and oxygen atoms in total. The lowest BCUT2D eigenvalue weighted by molar-refractivity contribution is 0.367. The number of hydrogen-bond donors (Lipinski definition) is 1. The van der Waals surface area contributed by atoms with Crippen molar-refractivity contribution in [2.45, 2.75) is 19.8 Å². The van der Waals surface area contributed by atoms with Crippen molar-refractivity contribution >= 4 is 23.2 Å². The molecule has 3 aromatic rings. The van der Waals surface area contributed by atoms with Gasteiger partial charge in [0.2, 0.25) is 11.8 Å². The highest BCUT2D eigenvalue weighted by Crippen LogP contribution is 2.48. The van der Waals surface area contributed by atoms with Crippen LogP contribution in [0.25, 0.3) is 5.69 Å². The fraction of sp³-hybridized carbons (Fsp3) is 0.143. The van der Waals surface area contributed by atoms with Gasteiger partial charge in [0.1, 0.15) is 11.6 Å². The summed E-state index contributed by atoms with van der Waals surface area (Å²) in [6.07, 6.45) is 0. The van der Waals surface area contributed by atoms with Crippen molar-refractivity contribution in [1.82, 2.24) is 9.78 Å². The Labute approximate surface area is 172 Å². The van der Waals surface area contributed by atoms with E-state index in [0.717, 1.165) is 16.8 Å². The van der Waals surface area contributed by atoms with Crippen LogP contribution in [-0.4, -0.2) is 9.78 Å². The minimum absolute atomic E-state index is 0.0192. The molecular weight excluding hydrogens is 395 g/mol. The fourth-order valence-corrected chi connectivity index (χ4v) is 4.17. The molecule has 2 N–H and O–H groups in total. The van der Waals surface area contributed by atoms with Gasteiger partial charge in [-0.25, -0.2) is 0 Å². The first-order chi connectivity index (χ1) is 13.4. The molecule has 1 atom stereocenters. The van der Waals surface area contributed by atoms with Gasteiger partial charge in [-0.3, -0.25) is 0 Å². The summed E-state index contributed by atoms with van der Waals surface area (Å²) in [5.41, 5.74) is 10.3. The maximum Gasteiger partial charge on any atom is 0.229 e. The lowest BCUT2D eigenvalue weighted by Crippen LogP contribution is -2.22. The highest BCUT2D eigenvalue weighted by Gasteiger charge is 2.38. The van der Waals surface area contributed by atoms with Crippen molar-refractivity contribution in [2.24, 2.45) is 5.73 Å². The van der Waals surface area contributed by atoms with Crippen LogP contribution in [0.4, 0.5) is 0 Å². The third-order valence-corrected chi connectivity index (χ3v) is 5.52. The van der Waals surface area contributed by atoms with Crippen LogP contribution in [0.5, 0.6) is 5.88 Å². The Morgan fingerprint density at radius 3 is 2.39 bits per heavy atom. The lowest BCUT2D eigenvalue weighted by atomic mass is 9.84. The Balaban J connectivity index is 2.03. The maximum absolute atomic E-state index is 9.78. The number of aryl methyl sites for hydroxylation is 2. The van der Waals surface area contributed by atoms with Gasteiger partial charge in [-0.15, -0.1) is 0 Å². The predicted octanol–water partition coefficient (Wildman–Crippen LogP) is 5.01. The zero-order valence-corrected chi connectivity index (χ0v) is 16.7. The van der Waals surface area contributed by atoms with Crippen LogP contribution < -0.4 is 10.5 Å². The Hall–Kier alpha value is -2.94. The Morgan fingerprint density at radius 1 is 1.07 bits per heavy atom. The minimum Gasteiger partial charge on any atom is -0.422 e. The summed E-state index contributed by atoms with van der Waals surface area (Å²) in [7, 11) is 0. The van der Waals surface area contributed by atoms with Crippen molar-refractivity contribution < 1.29 is 4.74 Å². The molecule has 0 saturated carbocycles. The molecule has 0 amide bonds. The van der Waals surface area contributed by atoms with Crippen LogP contribution in [-0.2, 0) is 0 Å². The average molecular weight is 411 g/mol. The van der Waals surface area contributed by atoms with Crippen molar-refractivity contribution in [3.63, 3.8) is 0 Å². The Kier molecular flexibility index (Phi) is 4.54. The van der Waals surface area contributed by atoms with Gasteiger partial charge < -0.3 is 10.5 Å². The van der Waals surface area contributed by atoms with Crippen LogP contribution in [0.3, 0.4) is 0 Å². The smallest absolute Gasteiger partial charge is 0.229 e. The number of para-hydroxylation sites is 1. The molecule has 0 radical (unpaired) electrons. The Morgan fingerprint density at radius 2 is 1.75 bits per heavy atom. The molecule has 28 heavy (non-hydrogen) atoms. The summed E-state index contributed by atoms with van der Waals surface area (Å²) in [4.78, 5) is 0. The zero-order chi connectivity index (χ0) is 20.0. The summed E-state index contributed by atoms with van der Waals surface area (Å²) >= 11 is 13.0. The van der Waals surface area contributed by atoms with E-state index < -0.39 is 5.92 Å². The van der Waals surface area contributed by atoms with Gasteiger partial charge in [-0.05, 0) is 37.6 Å². The van der Waals surface area contributed by atoms with E-state index in [-0.39, 0.29) is 11.5 Å². The first-order valence-corrected chi connectivity index (χ1v) is 9.36. The number of allylic oxidation sites excluding steroid dienone is 1. The number of ether oxygens (including phenoxy) is 1. The molecule has 4 rings (SSSR count). The second kappa shape index (κ2) is 6.90. The topological polar surface area (TPSA) is 76.9 Å². The van der Waals surface area contributed by atoms with Crippen molar-refractivity contribution in [3.05, 3.63) is 86.4 Å². The average Bonchev–Trinajstić information content (AvgIpc) is 2.97. The fourth-order valence-electron chi connectivity index (χ4n) is 3.55. The number of halogens is 2. The number of rotatable bonds is 2. The Bertz CT molecular complexity index is 1150. The summed E-state index contributed by atoms with van der Waals surface area (Å²) in [6.45, 7) is 3.86. The van der Waals surface area contributed by atoms with Crippen molar-refractivity contribution in [1.29, 1.82) is 5.26 Å². The highest BCUT2D eigenvalue weighted by atomic mass is 35.5. The van der Waals surface area contributed by atoms with E-state index in [1.807, 2.05) is 38.1 Å². The van der Waals surface area contributed by atoms with Crippen LogP contribution in [0.15, 0.2) is 53.9 Å². The molecule has 2 heterocycles. The first-order valence-electron chi connectivity index (χ1n) is 8.61. The number of fused-ring (bicyclic) bond motifs is 1. The normalized spacial score (nSPS) is 15.8. The predicted molar refractivity (Wildman–Crippen MR) is 109 cm³/mol. The molecular formula is C21H16Cl2N4O. The molecule has 1 aliphatic rings. The molecule has 0 saturated heterocycles. The van der Waals surface area contributed by atoms with E-state index >= 15 is 0 Å². The van der Waals surface area contributed by atoms with E-state index in [1.165, 1.54) is 0 Å². The summed E-state index contributed by atoms with van der Waals surface area (Å²) in [5.74, 6) is -0.0808. The summed E-state index contributed by atoms with van der Waals surface area (Å²) in [5, 5.41) is 15.4. The van der Waals surface area contributed by atoms with Crippen molar-refractivity contribution in [2.75, 3.05) is 0 Å². The number of benzene rings is 2. The second-order valence-corrected chi connectivity index (χ2v) is 7.38. The third kappa shape index (κ3) is 2.73. The number of nitrogens with zero attached hydrogens (tertiary/aromatic N) is 3. The number of aromatic nitrogens is 2. The van der Waals surface area contributed by atoms with E-state index in [0.29, 0.717) is 27.2 Å². The molecule has 0 spiro atoms. The highest BCUT2D eigenvalue weighted by molar-refractivity contribution is 6.36. The van der Waals surface area contributed by atoms with Gasteiger partial charge >= 0.3 is 0 Å². The van der Waals surface area contributed by atoms with Gasteiger partial charge in [-0.1, -0.05) is 47.5 Å². The maximum atomic E-state index is 9.78. The summed E-state index contributed by atoms with van der Waals surface area (Å²) in [6, 6.07) is 15.2. The van der Waals surface area contributed by atoms with Crippen LogP contribution in [0.1, 0.15) is 28.3 Å². The molecule has 1 aliphatic heterocycles. The molecule has 1 aromatic heterocycles. The summed E-state index contributed by atoms with van der Waals surface area (Å²) < 4.78 is 7.58. The van der Waals surface area contributed by atoms with Crippen LogP contribution in [0.2, 0.25) is 10.0 Å². The molecule has 0 aliphatic carbocycles. The third-order valence-electron chi connectivity index (χ3n) is 4.86. The van der Waals surface area contributed by atoms with E-state index in [2.05, 4.69) is 11.2 Å². The molecule has 140 valence electrons. The SMILES string of the molecule is Cc1ccccc1-n1nc(C)c2c1OC(N)=C(C#N)C2c1c(Cl)cccc1Cl. The quantitative estimate of drug-likeness (QED) is 0.643. The van der Waals surface area contributed by atoms with E-state index in [4.69, 9.17) is 33.7 Å². The van der Waals surface area contributed by atoms with Gasteiger partial charge in [0, 0.05) is 15.6 Å². The van der Waals surface area contributed by atoms with Gasteiger partial charge in [0.15, 0.2) is 0 Å². The second-order valence-electron chi connectivity index (χ2n) is 6.56. The van der Waals surface area contributed by atoms with Gasteiger partial charge in [0.05, 0.1) is 22.9 Å². The molecule has 0 fully saturated rings. The minimum atomic E-state index is -0.562. The molecule has 7 heteroatoms. The van der Waals surface area contributed by atoms with Gasteiger partial charge in [0.25, 0.3) is 0 Å². The largest absolute Gasteiger partial charge is 0.422 e. The van der Waals surface area contributed by atoms with E-state index in [9.17, 15) is 5.26 Å². The molecule has 1 unspecified atom stereocenters. The first kappa shape index (κ1) is 18.4. The van der Waals surface area contributed by atoms with Crippen molar-refractivity contribution in [3.8, 4) is 17.6 Å². The monoisotopic (exact) mass is 410 g/mol. The van der Waals surface area contributed by atoms with Crippen LogP contribution >= 0.6 is 23.2 Å². The van der Waals surface area contributed by atoms with E-state index in [1.54, 1.807) is 22.9 Å². The number of hydrogen-bond acceptors (Lipinski definition) is 4. The van der Waals surface area contributed by atoms with Gasteiger partial charge in [-0.2, -0.15) is 15.0 Å². The number of nitrogens with two attached hydrogens (primary N) is 1. The number of nitriles is 1. The molecule has 2 aromatic carbocycles. The van der Waals surface area contributed by atoms with Crippen LogP contribution in [0, 0.1) is 25.2 Å².